The number of hydrogen-bond acceptors (Lipinski definition) is 4. The summed E-state index contributed by atoms with van der Waals surface area (Å²) in [4.78, 5) is 38.2. The minimum absolute atomic E-state index is 0.0222. The molecule has 0 aromatic heterocycles. The van der Waals surface area contributed by atoms with Gasteiger partial charge in [0.1, 0.15) is 6.61 Å². The van der Waals surface area contributed by atoms with Crippen LogP contribution in [-0.4, -0.2) is 54.2 Å². The summed E-state index contributed by atoms with van der Waals surface area (Å²) in [5, 5.41) is 12.0. The first-order valence-electron chi connectivity index (χ1n) is 11.4. The second kappa shape index (κ2) is 9.25. The minimum atomic E-state index is -0.893. The van der Waals surface area contributed by atoms with Gasteiger partial charge >= 0.3 is 12.1 Å². The molecule has 0 bridgehead atoms. The van der Waals surface area contributed by atoms with Crippen molar-refractivity contribution in [2.75, 3.05) is 26.2 Å². The number of ether oxygens (including phenoxy) is 1. The number of hydrogen-bond donors (Lipinski definition) is 2. The zero-order chi connectivity index (χ0) is 23.6. The Morgan fingerprint density at radius 1 is 1.09 bits per heavy atom. The fourth-order valence-corrected chi connectivity index (χ4v) is 4.86. The van der Waals surface area contributed by atoms with Crippen LogP contribution in [0.1, 0.15) is 43.7 Å². The molecule has 2 amide bonds. The van der Waals surface area contributed by atoms with Crippen molar-refractivity contribution in [1.82, 2.24) is 10.2 Å². The molecular weight excluding hydrogens is 420 g/mol. The molecule has 0 saturated carbocycles. The Bertz CT molecular complexity index is 1010. The highest BCUT2D eigenvalue weighted by Crippen LogP contribution is 2.44. The predicted molar refractivity (Wildman–Crippen MR) is 124 cm³/mol. The van der Waals surface area contributed by atoms with Gasteiger partial charge in [-0.3, -0.25) is 9.59 Å². The molecule has 2 N–H and O–H groups in total. The molecule has 1 saturated heterocycles. The van der Waals surface area contributed by atoms with Crippen LogP contribution in [0.5, 0.6) is 0 Å². The van der Waals surface area contributed by atoms with Gasteiger partial charge in [-0.15, -0.1) is 0 Å². The Labute approximate surface area is 193 Å². The highest BCUT2D eigenvalue weighted by molar-refractivity contribution is 5.85. The van der Waals surface area contributed by atoms with Gasteiger partial charge in [0.05, 0.1) is 11.3 Å². The normalized spacial score (nSPS) is 16.8. The molecule has 4 rings (SSSR count). The van der Waals surface area contributed by atoms with Crippen molar-refractivity contribution in [3.63, 3.8) is 0 Å². The maximum absolute atomic E-state index is 12.8. The van der Waals surface area contributed by atoms with E-state index in [1.165, 1.54) is 11.1 Å². The molecule has 7 heteroatoms. The van der Waals surface area contributed by atoms with Gasteiger partial charge in [-0.2, -0.15) is 0 Å². The molecule has 1 unspecified atom stereocenters. The van der Waals surface area contributed by atoms with Gasteiger partial charge in [0, 0.05) is 25.6 Å². The highest BCUT2D eigenvalue weighted by Gasteiger charge is 2.48. The van der Waals surface area contributed by atoms with E-state index >= 15 is 0 Å². The van der Waals surface area contributed by atoms with E-state index in [4.69, 9.17) is 4.74 Å². The molecule has 2 aromatic carbocycles. The average Bonchev–Trinajstić information content (AvgIpc) is 3.11. The molecule has 7 nitrogen and oxygen atoms in total. The Hall–Kier alpha value is -3.35. The van der Waals surface area contributed by atoms with Gasteiger partial charge in [0.2, 0.25) is 5.91 Å². The van der Waals surface area contributed by atoms with E-state index in [2.05, 4.69) is 29.6 Å². The maximum Gasteiger partial charge on any atom is 0.407 e. The molecule has 174 valence electrons. The zero-order valence-electron chi connectivity index (χ0n) is 19.0. The lowest BCUT2D eigenvalue weighted by Crippen LogP contribution is -2.62. The zero-order valence-corrected chi connectivity index (χ0v) is 19.0. The van der Waals surface area contributed by atoms with Crippen molar-refractivity contribution in [2.24, 2.45) is 11.3 Å². The number of carbonyl (C=O) groups excluding carboxylic acids is 2. The Balaban J connectivity index is 1.32. The number of carboxylic acids is 1. The summed E-state index contributed by atoms with van der Waals surface area (Å²) in [6.45, 7) is 4.41. The molecule has 2 aromatic rings. The highest BCUT2D eigenvalue weighted by atomic mass is 16.5. The molecule has 1 aliphatic carbocycles. The van der Waals surface area contributed by atoms with Crippen LogP contribution in [0, 0.1) is 11.3 Å². The number of benzene rings is 2. The average molecular weight is 451 g/mol. The predicted octanol–water partition coefficient (Wildman–Crippen LogP) is 3.87. The number of amides is 2. The van der Waals surface area contributed by atoms with Crippen molar-refractivity contribution in [3.05, 3.63) is 59.7 Å². The lowest BCUT2D eigenvalue weighted by Gasteiger charge is -2.46. The van der Waals surface area contributed by atoms with Crippen LogP contribution in [0.25, 0.3) is 11.1 Å². The fourth-order valence-electron chi connectivity index (χ4n) is 4.86. The molecule has 0 spiro atoms. The second-order valence-electron chi connectivity index (χ2n) is 9.25. The van der Waals surface area contributed by atoms with E-state index in [0.717, 1.165) is 17.5 Å². The summed E-state index contributed by atoms with van der Waals surface area (Å²) in [6, 6.07) is 16.3. The molecule has 0 radical (unpaired) electrons. The standard InChI is InChI=1S/C26H30N2O5/c1-3-8-17(23(29)28-15-26(2,16-28)24(30)31)13-27-25(32)33-14-22-20-11-6-4-9-18(20)19-10-5-7-12-21(19)22/h4-7,9-12,17,22H,3,8,13-16H2,1-2H3,(H,27,32)(H,30,31). The number of carboxylic acid groups (broad SMARTS) is 1. The van der Waals surface area contributed by atoms with Crippen LogP contribution in [0.3, 0.4) is 0 Å². The van der Waals surface area contributed by atoms with E-state index in [0.29, 0.717) is 6.42 Å². The first-order valence-corrected chi connectivity index (χ1v) is 11.4. The number of aliphatic carboxylic acids is 1. The van der Waals surface area contributed by atoms with Crippen LogP contribution >= 0.6 is 0 Å². The number of nitrogens with one attached hydrogen (secondary N) is 1. The quantitative estimate of drug-likeness (QED) is 0.636. The van der Waals surface area contributed by atoms with Gasteiger partial charge in [0.25, 0.3) is 0 Å². The Kier molecular flexibility index (Phi) is 6.40. The van der Waals surface area contributed by atoms with Crippen LogP contribution in [0.2, 0.25) is 0 Å². The third-order valence-corrected chi connectivity index (χ3v) is 6.73. The molecule has 33 heavy (non-hydrogen) atoms. The minimum Gasteiger partial charge on any atom is -0.481 e. The first-order chi connectivity index (χ1) is 15.8. The summed E-state index contributed by atoms with van der Waals surface area (Å²) < 4.78 is 5.56. The molecular formula is C26H30N2O5. The lowest BCUT2D eigenvalue weighted by atomic mass is 9.81. The topological polar surface area (TPSA) is 95.9 Å². The fraction of sp³-hybridized carbons (Fsp3) is 0.423. The Morgan fingerprint density at radius 2 is 1.67 bits per heavy atom. The van der Waals surface area contributed by atoms with Gasteiger partial charge in [-0.1, -0.05) is 61.9 Å². The van der Waals surface area contributed by atoms with Crippen LogP contribution in [0.4, 0.5) is 4.79 Å². The number of carbonyl (C=O) groups is 3. The summed E-state index contributed by atoms with van der Waals surface area (Å²) in [5.41, 5.74) is 3.74. The van der Waals surface area contributed by atoms with Crippen LogP contribution < -0.4 is 5.32 Å². The number of rotatable bonds is 8. The number of alkyl carbamates (subject to hydrolysis) is 1. The van der Waals surface area contributed by atoms with Crippen molar-refractivity contribution in [3.8, 4) is 11.1 Å². The first kappa shape index (κ1) is 22.8. The van der Waals surface area contributed by atoms with Crippen LogP contribution in [-0.2, 0) is 14.3 Å². The Morgan fingerprint density at radius 3 is 2.21 bits per heavy atom. The van der Waals surface area contributed by atoms with Crippen molar-refractivity contribution in [2.45, 2.75) is 32.6 Å². The van der Waals surface area contributed by atoms with Gasteiger partial charge in [-0.25, -0.2) is 4.79 Å². The maximum atomic E-state index is 12.8. The third-order valence-electron chi connectivity index (χ3n) is 6.73. The smallest absolute Gasteiger partial charge is 0.407 e. The number of nitrogens with zero attached hydrogens (tertiary/aromatic N) is 1. The van der Waals surface area contributed by atoms with Crippen molar-refractivity contribution >= 4 is 18.0 Å². The SMILES string of the molecule is CCCC(CNC(=O)OCC1c2ccccc2-c2ccccc21)C(=O)N1CC(C)(C(=O)O)C1. The summed E-state index contributed by atoms with van der Waals surface area (Å²) in [5.74, 6) is -1.43. The molecule has 1 aliphatic heterocycles. The molecule has 1 fully saturated rings. The molecule has 1 heterocycles. The van der Waals surface area contributed by atoms with E-state index in [1.54, 1.807) is 11.8 Å². The van der Waals surface area contributed by atoms with E-state index in [9.17, 15) is 19.5 Å². The summed E-state index contributed by atoms with van der Waals surface area (Å²) >= 11 is 0. The number of likely N-dealkylation sites (tertiary alicyclic amines) is 1. The van der Waals surface area contributed by atoms with Gasteiger partial charge in [0.15, 0.2) is 0 Å². The molecule has 1 atom stereocenters. The van der Waals surface area contributed by atoms with E-state index in [1.807, 2.05) is 31.2 Å². The monoisotopic (exact) mass is 450 g/mol. The van der Waals surface area contributed by atoms with Crippen molar-refractivity contribution < 1.29 is 24.2 Å². The number of fused-ring (bicyclic) bond motifs is 3. The largest absolute Gasteiger partial charge is 0.481 e. The van der Waals surface area contributed by atoms with Crippen LogP contribution in [0.15, 0.2) is 48.5 Å². The van der Waals surface area contributed by atoms with Gasteiger partial charge < -0.3 is 20.1 Å². The third kappa shape index (κ3) is 4.45. The van der Waals surface area contributed by atoms with E-state index in [-0.39, 0.29) is 38.1 Å². The second-order valence-corrected chi connectivity index (χ2v) is 9.25. The molecule has 2 aliphatic rings. The lowest BCUT2D eigenvalue weighted by molar-refractivity contribution is -0.165. The summed E-state index contributed by atoms with van der Waals surface area (Å²) in [6.07, 6.45) is 0.847. The summed E-state index contributed by atoms with van der Waals surface area (Å²) in [7, 11) is 0. The van der Waals surface area contributed by atoms with E-state index < -0.39 is 23.4 Å². The van der Waals surface area contributed by atoms with Gasteiger partial charge in [-0.05, 0) is 35.6 Å². The van der Waals surface area contributed by atoms with Crippen molar-refractivity contribution in [1.29, 1.82) is 0 Å².